The Morgan fingerprint density at radius 2 is 1.81 bits per heavy atom. The van der Waals surface area contributed by atoms with Crippen LogP contribution >= 0.6 is 11.3 Å². The number of aromatic nitrogens is 3. The largest absolute Gasteiger partial charge is 0.507 e. The molecular formula is C24H33N5O2S. The average Bonchev–Trinajstić information content (AvgIpc) is 3.33. The Hall–Kier alpha value is -2.58. The summed E-state index contributed by atoms with van der Waals surface area (Å²) < 4.78 is 5.63. The molecule has 172 valence electrons. The summed E-state index contributed by atoms with van der Waals surface area (Å²) in [5, 5.41) is 25.0. The van der Waals surface area contributed by atoms with Gasteiger partial charge in [0.1, 0.15) is 11.5 Å². The van der Waals surface area contributed by atoms with Gasteiger partial charge < -0.3 is 25.0 Å². The van der Waals surface area contributed by atoms with Crippen molar-refractivity contribution in [3.05, 3.63) is 30.0 Å². The number of methoxy groups -OCH3 is 1. The van der Waals surface area contributed by atoms with Gasteiger partial charge in [0.2, 0.25) is 5.13 Å². The van der Waals surface area contributed by atoms with E-state index in [1.807, 2.05) is 25.1 Å². The van der Waals surface area contributed by atoms with Gasteiger partial charge in [-0.05, 0) is 71.7 Å². The van der Waals surface area contributed by atoms with E-state index in [0.29, 0.717) is 22.4 Å². The van der Waals surface area contributed by atoms with Crippen molar-refractivity contribution < 1.29 is 9.84 Å². The summed E-state index contributed by atoms with van der Waals surface area (Å²) >= 11 is 1.47. The summed E-state index contributed by atoms with van der Waals surface area (Å²) in [7, 11) is 3.69. The summed E-state index contributed by atoms with van der Waals surface area (Å²) in [5.41, 5.74) is 3.50. The van der Waals surface area contributed by atoms with Gasteiger partial charge in [0, 0.05) is 41.1 Å². The van der Waals surface area contributed by atoms with E-state index in [0.717, 1.165) is 34.9 Å². The predicted octanol–water partition coefficient (Wildman–Crippen LogP) is 4.97. The maximum absolute atomic E-state index is 10.9. The Bertz CT molecular complexity index is 1100. The second-order valence-electron chi connectivity index (χ2n) is 10.1. The van der Waals surface area contributed by atoms with Gasteiger partial charge in [-0.2, -0.15) is 0 Å². The van der Waals surface area contributed by atoms with E-state index < -0.39 is 0 Å². The molecule has 0 atom stereocenters. The number of nitrogens with one attached hydrogen (secondary N) is 2. The number of benzene rings is 1. The van der Waals surface area contributed by atoms with Crippen molar-refractivity contribution in [2.24, 2.45) is 0 Å². The van der Waals surface area contributed by atoms with Crippen molar-refractivity contribution in [3.8, 4) is 33.3 Å². The molecule has 8 heteroatoms. The van der Waals surface area contributed by atoms with Gasteiger partial charge in [-0.25, -0.2) is 0 Å². The first kappa shape index (κ1) is 22.6. The number of nitrogens with zero attached hydrogens (tertiary/aromatic N) is 3. The zero-order chi connectivity index (χ0) is 23.3. The first-order valence-corrected chi connectivity index (χ1v) is 11.7. The molecule has 7 nitrogen and oxygen atoms in total. The molecular weight excluding hydrogens is 422 g/mol. The number of aryl methyl sites for hydroxylation is 1. The summed E-state index contributed by atoms with van der Waals surface area (Å²) in [6, 6.07) is 8.00. The topological polar surface area (TPSA) is 86.3 Å². The van der Waals surface area contributed by atoms with Crippen LogP contribution in [0.15, 0.2) is 24.3 Å². The summed E-state index contributed by atoms with van der Waals surface area (Å²) in [6.07, 6.45) is 2.03. The number of piperidine rings is 1. The maximum atomic E-state index is 10.9. The van der Waals surface area contributed by atoms with E-state index in [1.165, 1.54) is 11.3 Å². The average molecular weight is 456 g/mol. The lowest BCUT2D eigenvalue weighted by molar-refractivity contribution is 0.161. The van der Waals surface area contributed by atoms with Gasteiger partial charge >= 0.3 is 0 Å². The molecule has 32 heavy (non-hydrogen) atoms. The van der Waals surface area contributed by atoms with Crippen LogP contribution in [0.5, 0.6) is 11.5 Å². The number of phenolic OH excluding ortho intramolecular Hbond substituents is 1. The summed E-state index contributed by atoms with van der Waals surface area (Å²) in [4.78, 5) is 5.52. The molecule has 0 unspecified atom stereocenters. The van der Waals surface area contributed by atoms with Crippen molar-refractivity contribution in [2.45, 2.75) is 64.6 Å². The third-order valence-electron chi connectivity index (χ3n) is 6.09. The number of H-pyrrole nitrogens is 1. The van der Waals surface area contributed by atoms with Gasteiger partial charge in [-0.15, -0.1) is 10.2 Å². The molecule has 1 aliphatic rings. The van der Waals surface area contributed by atoms with Gasteiger partial charge in [-0.3, -0.25) is 0 Å². The normalized spacial score (nSPS) is 18.0. The number of aromatic amines is 1. The fourth-order valence-corrected chi connectivity index (χ4v) is 5.90. The molecule has 0 aliphatic carbocycles. The molecule has 1 saturated heterocycles. The first-order chi connectivity index (χ1) is 15.0. The lowest BCUT2D eigenvalue weighted by Crippen LogP contribution is -2.61. The molecule has 0 amide bonds. The second kappa shape index (κ2) is 8.08. The fourth-order valence-electron chi connectivity index (χ4n) is 4.96. The Morgan fingerprint density at radius 1 is 1.12 bits per heavy atom. The van der Waals surface area contributed by atoms with Crippen LogP contribution in [0.25, 0.3) is 21.8 Å². The standard InChI is InChI=1S/C24H33N5O2S/c1-14-8-9-17(25-14)15-10-18(30)20(19(11-15)31-7)21-26-27-22(32-21)29(6)16-12-23(2,3)28-24(4,5)13-16/h8-11,16,25,28,30H,12-13H2,1-7H3. The molecule has 0 saturated carbocycles. The number of hydrogen-bond donors (Lipinski definition) is 3. The van der Waals surface area contributed by atoms with Crippen LogP contribution in [-0.2, 0) is 0 Å². The van der Waals surface area contributed by atoms with Gasteiger partial charge in [0.25, 0.3) is 0 Å². The lowest BCUT2D eigenvalue weighted by Gasteiger charge is -2.48. The highest BCUT2D eigenvalue weighted by molar-refractivity contribution is 7.18. The Balaban J connectivity index is 1.64. The van der Waals surface area contributed by atoms with E-state index in [4.69, 9.17) is 4.74 Å². The molecule has 0 radical (unpaired) electrons. The molecule has 1 fully saturated rings. The zero-order valence-electron chi connectivity index (χ0n) is 19.9. The van der Waals surface area contributed by atoms with E-state index >= 15 is 0 Å². The van der Waals surface area contributed by atoms with Crippen LogP contribution in [0, 0.1) is 6.92 Å². The van der Waals surface area contributed by atoms with E-state index in [9.17, 15) is 5.11 Å². The Morgan fingerprint density at radius 3 is 2.41 bits per heavy atom. The SMILES string of the molecule is COc1cc(-c2ccc(C)[nH]2)cc(O)c1-c1nnc(N(C)C2CC(C)(C)NC(C)(C)C2)s1. The third kappa shape index (κ3) is 4.47. The van der Waals surface area contributed by atoms with E-state index in [2.05, 4.69) is 60.1 Å². The third-order valence-corrected chi connectivity index (χ3v) is 7.12. The number of rotatable bonds is 5. The van der Waals surface area contributed by atoms with Gasteiger partial charge in [-0.1, -0.05) is 11.3 Å². The smallest absolute Gasteiger partial charge is 0.208 e. The molecule has 1 aromatic carbocycles. The minimum atomic E-state index is 0.0433. The summed E-state index contributed by atoms with van der Waals surface area (Å²) in [5.74, 6) is 0.697. The highest BCUT2D eigenvalue weighted by Crippen LogP contribution is 2.44. The Kier molecular flexibility index (Phi) is 5.71. The van der Waals surface area contributed by atoms with Crippen LogP contribution in [-0.4, -0.2) is 51.6 Å². The molecule has 2 aromatic heterocycles. The van der Waals surface area contributed by atoms with Crippen molar-refractivity contribution in [1.29, 1.82) is 0 Å². The quantitative estimate of drug-likeness (QED) is 0.504. The number of hydrogen-bond acceptors (Lipinski definition) is 7. The van der Waals surface area contributed by atoms with Crippen LogP contribution in [0.4, 0.5) is 5.13 Å². The number of ether oxygens (including phenoxy) is 1. The van der Waals surface area contributed by atoms with E-state index in [-0.39, 0.29) is 16.8 Å². The Labute approximate surface area is 193 Å². The highest BCUT2D eigenvalue weighted by atomic mass is 32.1. The zero-order valence-corrected chi connectivity index (χ0v) is 20.7. The second-order valence-corrected chi connectivity index (χ2v) is 11.0. The van der Waals surface area contributed by atoms with Crippen molar-refractivity contribution >= 4 is 16.5 Å². The molecule has 0 bridgehead atoms. The van der Waals surface area contributed by atoms with Gasteiger partial charge in [0.05, 0.1) is 12.7 Å². The number of phenols is 1. The molecule has 3 aromatic rings. The number of anilines is 1. The molecule has 0 spiro atoms. The molecule has 1 aliphatic heterocycles. The van der Waals surface area contributed by atoms with Crippen LogP contribution < -0.4 is 15.0 Å². The summed E-state index contributed by atoms with van der Waals surface area (Å²) in [6.45, 7) is 11.0. The lowest BCUT2D eigenvalue weighted by atomic mass is 9.79. The minimum absolute atomic E-state index is 0.0433. The minimum Gasteiger partial charge on any atom is -0.507 e. The van der Waals surface area contributed by atoms with Crippen LogP contribution in [0.2, 0.25) is 0 Å². The fraction of sp³-hybridized carbons (Fsp3) is 0.500. The van der Waals surface area contributed by atoms with Crippen molar-refractivity contribution in [1.82, 2.24) is 20.5 Å². The molecule has 3 N–H and O–H groups in total. The first-order valence-electron chi connectivity index (χ1n) is 10.9. The maximum Gasteiger partial charge on any atom is 0.208 e. The van der Waals surface area contributed by atoms with Gasteiger partial charge in [0.15, 0.2) is 5.01 Å². The van der Waals surface area contributed by atoms with Crippen molar-refractivity contribution in [3.63, 3.8) is 0 Å². The highest BCUT2D eigenvalue weighted by Gasteiger charge is 2.40. The molecule has 3 heterocycles. The predicted molar refractivity (Wildman–Crippen MR) is 131 cm³/mol. The van der Waals surface area contributed by atoms with Crippen LogP contribution in [0.1, 0.15) is 46.2 Å². The van der Waals surface area contributed by atoms with Crippen molar-refractivity contribution in [2.75, 3.05) is 19.1 Å². The van der Waals surface area contributed by atoms with Crippen LogP contribution in [0.3, 0.4) is 0 Å². The van der Waals surface area contributed by atoms with E-state index in [1.54, 1.807) is 13.2 Å². The number of aromatic hydroxyl groups is 1. The molecule has 4 rings (SSSR count). The monoisotopic (exact) mass is 455 g/mol.